The quantitative estimate of drug-likeness (QED) is 0.788. The Morgan fingerprint density at radius 2 is 1.60 bits per heavy atom. The Morgan fingerprint density at radius 3 is 1.87 bits per heavy atom. The molecule has 0 heterocycles. The van der Waals surface area contributed by atoms with Crippen molar-refractivity contribution >= 4 is 28.6 Å². The van der Waals surface area contributed by atoms with Crippen LogP contribution in [0, 0.1) is 0 Å². The first kappa shape index (κ1) is 14.2. The minimum atomic E-state index is -0.635. The molecule has 0 bridgehead atoms. The lowest BCUT2D eigenvalue weighted by Gasteiger charge is -2.31. The normalized spacial score (nSPS) is 13.1. The molecule has 0 saturated carbocycles. The zero-order valence-electron chi connectivity index (χ0n) is 9.71. The van der Waals surface area contributed by atoms with Gasteiger partial charge in [-0.15, -0.1) is 0 Å². The van der Waals surface area contributed by atoms with E-state index in [2.05, 4.69) is 5.32 Å². The number of carbonyl (C=O) groups excluding carboxylic acids is 3. The monoisotopic (exact) mass is 231 g/mol. The van der Waals surface area contributed by atoms with Crippen LogP contribution in [0.2, 0.25) is 0 Å². The standard InChI is InChI=1S/C10H17NO3S/c1-6(12)9(11-7(2)13)10(4,5)15-8(3)14/h9H,1-5H3,(H,11,13)/t9-/m0/s1. The highest BCUT2D eigenvalue weighted by atomic mass is 32.2. The number of rotatable bonds is 4. The second-order valence-electron chi connectivity index (χ2n) is 3.94. The molecule has 15 heavy (non-hydrogen) atoms. The second kappa shape index (κ2) is 5.30. The molecular formula is C10H17NO3S. The Bertz CT molecular complexity index is 286. The van der Waals surface area contributed by atoms with E-state index in [1.165, 1.54) is 20.8 Å². The Balaban J connectivity index is 4.80. The van der Waals surface area contributed by atoms with Gasteiger partial charge in [0.05, 0.1) is 0 Å². The maximum absolute atomic E-state index is 11.4. The van der Waals surface area contributed by atoms with E-state index in [1.54, 1.807) is 13.8 Å². The van der Waals surface area contributed by atoms with Crippen molar-refractivity contribution in [1.82, 2.24) is 5.32 Å². The minimum absolute atomic E-state index is 0.0726. The average molecular weight is 231 g/mol. The maximum Gasteiger partial charge on any atom is 0.217 e. The topological polar surface area (TPSA) is 63.2 Å². The first-order valence-corrected chi connectivity index (χ1v) is 5.45. The molecule has 0 aromatic rings. The fourth-order valence-electron chi connectivity index (χ4n) is 1.40. The van der Waals surface area contributed by atoms with Gasteiger partial charge in [0.2, 0.25) is 5.91 Å². The van der Waals surface area contributed by atoms with Gasteiger partial charge in [-0.05, 0) is 20.8 Å². The molecule has 1 amide bonds. The van der Waals surface area contributed by atoms with Gasteiger partial charge in [-0.2, -0.15) is 0 Å². The third-order valence-electron chi connectivity index (χ3n) is 1.86. The highest BCUT2D eigenvalue weighted by Gasteiger charge is 2.35. The molecule has 4 nitrogen and oxygen atoms in total. The van der Waals surface area contributed by atoms with Crippen LogP contribution in [-0.2, 0) is 14.4 Å². The maximum atomic E-state index is 11.4. The molecule has 1 N–H and O–H groups in total. The van der Waals surface area contributed by atoms with Crippen molar-refractivity contribution in [2.24, 2.45) is 0 Å². The van der Waals surface area contributed by atoms with E-state index >= 15 is 0 Å². The molecule has 0 aliphatic carbocycles. The molecule has 1 atom stereocenters. The van der Waals surface area contributed by atoms with E-state index in [9.17, 15) is 14.4 Å². The van der Waals surface area contributed by atoms with Crippen LogP contribution in [0.25, 0.3) is 0 Å². The van der Waals surface area contributed by atoms with Gasteiger partial charge in [0.1, 0.15) is 6.04 Å². The zero-order chi connectivity index (χ0) is 12.2. The SMILES string of the molecule is CC(=O)N[C@@H](C(C)=O)C(C)(C)SC(C)=O. The molecule has 5 heteroatoms. The molecule has 0 rings (SSSR count). The summed E-state index contributed by atoms with van der Waals surface area (Å²) in [6, 6.07) is -0.635. The van der Waals surface area contributed by atoms with Gasteiger partial charge in [0, 0.05) is 18.6 Å². The van der Waals surface area contributed by atoms with Crippen molar-refractivity contribution in [3.8, 4) is 0 Å². The van der Waals surface area contributed by atoms with E-state index in [0.717, 1.165) is 11.8 Å². The summed E-state index contributed by atoms with van der Waals surface area (Å²) in [5.41, 5.74) is 0. The molecule has 0 aromatic carbocycles. The Kier molecular flexibility index (Phi) is 5.00. The van der Waals surface area contributed by atoms with Crippen LogP contribution < -0.4 is 5.32 Å². The molecule has 0 aliphatic rings. The molecule has 0 spiro atoms. The van der Waals surface area contributed by atoms with Crippen molar-refractivity contribution in [2.45, 2.75) is 45.4 Å². The summed E-state index contributed by atoms with van der Waals surface area (Å²) in [6.07, 6.45) is 0. The summed E-state index contributed by atoms with van der Waals surface area (Å²) >= 11 is 1.06. The third kappa shape index (κ3) is 4.97. The van der Waals surface area contributed by atoms with Crippen LogP contribution in [-0.4, -0.2) is 27.6 Å². The Morgan fingerprint density at radius 1 is 1.13 bits per heavy atom. The molecule has 0 saturated heterocycles. The summed E-state index contributed by atoms with van der Waals surface area (Å²) in [4.78, 5) is 33.3. The predicted molar refractivity (Wildman–Crippen MR) is 60.6 cm³/mol. The number of carbonyl (C=O) groups is 3. The van der Waals surface area contributed by atoms with Crippen molar-refractivity contribution in [3.63, 3.8) is 0 Å². The summed E-state index contributed by atoms with van der Waals surface area (Å²) in [7, 11) is 0. The minimum Gasteiger partial charge on any atom is -0.345 e. The van der Waals surface area contributed by atoms with Crippen LogP contribution in [0.5, 0.6) is 0 Å². The molecule has 0 aliphatic heterocycles. The van der Waals surface area contributed by atoms with Gasteiger partial charge in [-0.25, -0.2) is 0 Å². The number of thioether (sulfide) groups is 1. The molecule has 86 valence electrons. The second-order valence-corrected chi connectivity index (χ2v) is 5.77. The van der Waals surface area contributed by atoms with Gasteiger partial charge < -0.3 is 5.32 Å². The summed E-state index contributed by atoms with van der Waals surface area (Å²) in [5.74, 6) is -0.420. The van der Waals surface area contributed by atoms with E-state index in [4.69, 9.17) is 0 Å². The third-order valence-corrected chi connectivity index (χ3v) is 2.91. The number of ketones is 1. The number of hydrogen-bond acceptors (Lipinski definition) is 4. The lowest BCUT2D eigenvalue weighted by molar-refractivity contribution is -0.126. The molecule has 0 aromatic heterocycles. The number of nitrogens with one attached hydrogen (secondary N) is 1. The van der Waals surface area contributed by atoms with Crippen LogP contribution in [0.15, 0.2) is 0 Å². The van der Waals surface area contributed by atoms with Crippen LogP contribution >= 0.6 is 11.8 Å². The van der Waals surface area contributed by atoms with Crippen LogP contribution in [0.1, 0.15) is 34.6 Å². The van der Waals surface area contributed by atoms with E-state index in [1.807, 2.05) is 0 Å². The lowest BCUT2D eigenvalue weighted by atomic mass is 9.99. The Hall–Kier alpha value is -0.840. The highest BCUT2D eigenvalue weighted by molar-refractivity contribution is 8.14. The number of Topliss-reactive ketones (excluding diaryl/α,β-unsaturated/α-hetero) is 1. The van der Waals surface area contributed by atoms with Crippen molar-refractivity contribution in [1.29, 1.82) is 0 Å². The van der Waals surface area contributed by atoms with Gasteiger partial charge in [0.15, 0.2) is 10.9 Å². The zero-order valence-corrected chi connectivity index (χ0v) is 10.5. The lowest BCUT2D eigenvalue weighted by Crippen LogP contribution is -2.51. The fraction of sp³-hybridized carbons (Fsp3) is 0.700. The fourth-order valence-corrected chi connectivity index (χ4v) is 2.48. The average Bonchev–Trinajstić information content (AvgIpc) is 1.96. The van der Waals surface area contributed by atoms with Gasteiger partial charge >= 0.3 is 0 Å². The first-order valence-electron chi connectivity index (χ1n) is 4.64. The first-order chi connectivity index (χ1) is 6.66. The van der Waals surface area contributed by atoms with Crippen molar-refractivity contribution in [2.75, 3.05) is 0 Å². The molecule has 0 radical (unpaired) electrons. The summed E-state index contributed by atoms with van der Waals surface area (Å²) in [6.45, 7) is 7.73. The summed E-state index contributed by atoms with van der Waals surface area (Å²) in [5, 5.41) is 2.49. The van der Waals surface area contributed by atoms with E-state index in [-0.39, 0.29) is 16.8 Å². The molecule has 0 fully saturated rings. The number of amides is 1. The van der Waals surface area contributed by atoms with Crippen molar-refractivity contribution < 1.29 is 14.4 Å². The van der Waals surface area contributed by atoms with Gasteiger partial charge in [-0.1, -0.05) is 11.8 Å². The van der Waals surface area contributed by atoms with Crippen LogP contribution in [0.4, 0.5) is 0 Å². The molecule has 0 unspecified atom stereocenters. The van der Waals surface area contributed by atoms with E-state index in [0.29, 0.717) is 0 Å². The van der Waals surface area contributed by atoms with Gasteiger partial charge in [0.25, 0.3) is 0 Å². The van der Waals surface area contributed by atoms with Gasteiger partial charge in [-0.3, -0.25) is 14.4 Å². The smallest absolute Gasteiger partial charge is 0.217 e. The highest BCUT2D eigenvalue weighted by Crippen LogP contribution is 2.29. The van der Waals surface area contributed by atoms with E-state index < -0.39 is 10.8 Å². The van der Waals surface area contributed by atoms with Crippen LogP contribution in [0.3, 0.4) is 0 Å². The summed E-state index contributed by atoms with van der Waals surface area (Å²) < 4.78 is -0.622. The van der Waals surface area contributed by atoms with Crippen molar-refractivity contribution in [3.05, 3.63) is 0 Å². The molecular weight excluding hydrogens is 214 g/mol. The number of hydrogen-bond donors (Lipinski definition) is 1. The predicted octanol–water partition coefficient (Wildman–Crippen LogP) is 1.14. The largest absolute Gasteiger partial charge is 0.345 e. The Labute approximate surface area is 94.2 Å².